The van der Waals surface area contributed by atoms with E-state index in [0.29, 0.717) is 29.3 Å². The van der Waals surface area contributed by atoms with E-state index in [1.54, 1.807) is 18.3 Å². The molecule has 0 fully saturated rings. The molecule has 2 N–H and O–H groups in total. The molecule has 7 nitrogen and oxygen atoms in total. The number of fused-ring (bicyclic) bond motifs is 1. The molecule has 2 aromatic carbocycles. The third-order valence-corrected chi connectivity index (χ3v) is 4.78. The lowest BCUT2D eigenvalue weighted by Gasteiger charge is -2.15. The van der Waals surface area contributed by atoms with E-state index < -0.39 is 0 Å². The van der Waals surface area contributed by atoms with Gasteiger partial charge in [-0.25, -0.2) is 24.1 Å². The quantitative estimate of drug-likeness (QED) is 0.407. The van der Waals surface area contributed by atoms with E-state index in [-0.39, 0.29) is 6.03 Å². The highest BCUT2D eigenvalue weighted by atomic mass is 32.1. The Morgan fingerprint density at radius 3 is 2.43 bits per heavy atom. The van der Waals surface area contributed by atoms with Crippen molar-refractivity contribution in [3.8, 4) is 11.1 Å². The maximum atomic E-state index is 12.0. The van der Waals surface area contributed by atoms with Crippen molar-refractivity contribution < 1.29 is 4.79 Å². The van der Waals surface area contributed by atoms with Crippen LogP contribution in [-0.4, -0.2) is 27.5 Å². The van der Waals surface area contributed by atoms with Crippen LogP contribution in [0.2, 0.25) is 0 Å². The number of rotatable bonds is 5. The van der Waals surface area contributed by atoms with Gasteiger partial charge in [0.2, 0.25) is 0 Å². The number of aromatic nitrogens is 3. The van der Waals surface area contributed by atoms with Crippen LogP contribution in [-0.2, 0) is 0 Å². The third-order valence-electron chi connectivity index (χ3n) is 4.39. The lowest BCUT2D eigenvalue weighted by atomic mass is 10.1. The number of amides is 2. The molecule has 0 radical (unpaired) electrons. The van der Waals surface area contributed by atoms with Gasteiger partial charge < -0.3 is 10.6 Å². The Morgan fingerprint density at radius 2 is 1.70 bits per heavy atom. The molecule has 2 amide bonds. The first-order valence-electron chi connectivity index (χ1n) is 9.47. The highest BCUT2D eigenvalue weighted by Gasteiger charge is 2.13. The second kappa shape index (κ2) is 8.79. The van der Waals surface area contributed by atoms with Crippen molar-refractivity contribution in [2.24, 2.45) is 0 Å². The molecule has 0 bridgehead atoms. The Kier molecular flexibility index (Phi) is 5.76. The topological polar surface area (TPSA) is 83.0 Å². The molecule has 4 rings (SSSR count). The molecule has 0 aliphatic carbocycles. The summed E-state index contributed by atoms with van der Waals surface area (Å²) in [7, 11) is 0. The number of nitrogens with one attached hydrogen (secondary N) is 2. The van der Waals surface area contributed by atoms with Gasteiger partial charge in [-0.2, -0.15) is 0 Å². The minimum atomic E-state index is -0.353. The fourth-order valence-corrected chi connectivity index (χ4v) is 3.10. The van der Waals surface area contributed by atoms with Crippen LogP contribution in [0.5, 0.6) is 0 Å². The Morgan fingerprint density at radius 1 is 0.967 bits per heavy atom. The van der Waals surface area contributed by atoms with Gasteiger partial charge in [0.05, 0.1) is 6.20 Å². The highest BCUT2D eigenvalue weighted by molar-refractivity contribution is 7.82. The molecule has 0 aliphatic rings. The number of carbonyl (C=O) groups excluding carboxylic acids is 1. The summed E-state index contributed by atoms with van der Waals surface area (Å²) < 4.78 is 1.15. The van der Waals surface area contributed by atoms with Crippen LogP contribution in [0.3, 0.4) is 0 Å². The van der Waals surface area contributed by atoms with Crippen molar-refractivity contribution in [3.05, 3.63) is 72.9 Å². The van der Waals surface area contributed by atoms with Crippen LogP contribution in [0.1, 0.15) is 6.92 Å². The number of carbonyl (C=O) groups is 1. The van der Waals surface area contributed by atoms with E-state index >= 15 is 0 Å². The second-order valence-electron chi connectivity index (χ2n) is 6.48. The molecule has 8 heteroatoms. The number of hydrogen-bond donors (Lipinski definition) is 3. The maximum absolute atomic E-state index is 12.0. The van der Waals surface area contributed by atoms with Crippen LogP contribution in [0.15, 0.2) is 72.9 Å². The molecule has 30 heavy (non-hydrogen) atoms. The predicted molar refractivity (Wildman–Crippen MR) is 123 cm³/mol. The van der Waals surface area contributed by atoms with Gasteiger partial charge in [-0.3, -0.25) is 0 Å². The SMILES string of the molecule is CCNC(=O)N(S)c1ccc2ncc(Nc3ccc(-c4ccccc4)cc3)nc2n1. The minimum Gasteiger partial charge on any atom is -0.339 e. The van der Waals surface area contributed by atoms with Gasteiger partial charge in [0.1, 0.15) is 11.3 Å². The third kappa shape index (κ3) is 4.33. The number of pyridine rings is 1. The first-order chi connectivity index (χ1) is 14.6. The molecule has 0 atom stereocenters. The first-order valence-corrected chi connectivity index (χ1v) is 9.87. The summed E-state index contributed by atoms with van der Waals surface area (Å²) in [6.07, 6.45) is 1.65. The summed E-state index contributed by atoms with van der Waals surface area (Å²) in [6, 6.07) is 21.3. The summed E-state index contributed by atoms with van der Waals surface area (Å²) in [5.41, 5.74) is 4.23. The molecule has 0 aliphatic heterocycles. The summed E-state index contributed by atoms with van der Waals surface area (Å²) in [6.45, 7) is 2.34. The number of anilines is 3. The zero-order chi connectivity index (χ0) is 20.9. The number of hydrogen-bond acceptors (Lipinski definition) is 6. The molecule has 150 valence electrons. The van der Waals surface area contributed by atoms with E-state index in [9.17, 15) is 4.79 Å². The molecule has 0 saturated carbocycles. The smallest absolute Gasteiger partial charge is 0.333 e. The monoisotopic (exact) mass is 416 g/mol. The first kappa shape index (κ1) is 19.7. The Bertz CT molecular complexity index is 1170. The standard InChI is InChI=1S/C22H20N6OS/c1-2-23-22(29)28(30)20-13-12-18-21(27-20)26-19(14-24-18)25-17-10-8-16(9-11-17)15-6-4-3-5-7-15/h3-14,30H,2H2,1H3,(H,23,29)(H,25,26,27). The molecule has 4 aromatic rings. The fraction of sp³-hybridized carbons (Fsp3) is 0.0909. The zero-order valence-electron chi connectivity index (χ0n) is 16.3. The minimum absolute atomic E-state index is 0.353. The fourth-order valence-electron chi connectivity index (χ4n) is 2.92. The van der Waals surface area contributed by atoms with Crippen molar-refractivity contribution in [3.63, 3.8) is 0 Å². The molecule has 2 heterocycles. The van der Waals surface area contributed by atoms with Crippen LogP contribution in [0.25, 0.3) is 22.3 Å². The van der Waals surface area contributed by atoms with E-state index in [1.165, 1.54) is 0 Å². The Balaban J connectivity index is 1.55. The van der Waals surface area contributed by atoms with Gasteiger partial charge in [-0.1, -0.05) is 55.3 Å². The van der Waals surface area contributed by atoms with Crippen molar-refractivity contribution in [2.75, 3.05) is 16.2 Å². The second-order valence-corrected chi connectivity index (χ2v) is 6.88. The van der Waals surface area contributed by atoms with Crippen LogP contribution in [0, 0.1) is 0 Å². The van der Waals surface area contributed by atoms with Gasteiger partial charge in [0.25, 0.3) is 0 Å². The summed E-state index contributed by atoms with van der Waals surface area (Å²) in [5.74, 6) is 0.929. The average molecular weight is 417 g/mol. The molecular formula is C22H20N6OS. The van der Waals surface area contributed by atoms with Crippen molar-refractivity contribution in [2.45, 2.75) is 6.92 Å². The normalized spacial score (nSPS) is 10.6. The molecule has 2 aromatic heterocycles. The van der Waals surface area contributed by atoms with Crippen LogP contribution >= 0.6 is 12.8 Å². The summed E-state index contributed by atoms with van der Waals surface area (Å²) in [5, 5.41) is 5.92. The van der Waals surface area contributed by atoms with Crippen molar-refractivity contribution >= 4 is 47.3 Å². The van der Waals surface area contributed by atoms with E-state index in [1.807, 2.05) is 49.4 Å². The zero-order valence-corrected chi connectivity index (χ0v) is 17.2. The highest BCUT2D eigenvalue weighted by Crippen LogP contribution is 2.23. The largest absolute Gasteiger partial charge is 0.339 e. The number of benzene rings is 2. The van der Waals surface area contributed by atoms with E-state index in [0.717, 1.165) is 21.1 Å². The lowest BCUT2D eigenvalue weighted by molar-refractivity contribution is 0.250. The van der Waals surface area contributed by atoms with Crippen molar-refractivity contribution in [1.82, 2.24) is 20.3 Å². The summed E-state index contributed by atoms with van der Waals surface area (Å²) >= 11 is 4.21. The van der Waals surface area contributed by atoms with Gasteiger partial charge in [0, 0.05) is 12.2 Å². The number of urea groups is 1. The Hall–Kier alpha value is -3.65. The van der Waals surface area contributed by atoms with E-state index in [4.69, 9.17) is 0 Å². The molecular weight excluding hydrogens is 396 g/mol. The predicted octanol–water partition coefficient (Wildman–Crippen LogP) is 4.82. The number of nitrogens with zero attached hydrogens (tertiary/aromatic N) is 4. The van der Waals surface area contributed by atoms with Gasteiger partial charge in [0.15, 0.2) is 11.5 Å². The molecule has 0 unspecified atom stereocenters. The molecule has 0 spiro atoms. The maximum Gasteiger partial charge on any atom is 0.333 e. The van der Waals surface area contributed by atoms with Gasteiger partial charge >= 0.3 is 6.03 Å². The van der Waals surface area contributed by atoms with Gasteiger partial charge in [-0.05, 0) is 42.3 Å². The van der Waals surface area contributed by atoms with E-state index in [2.05, 4.69) is 50.5 Å². The summed E-state index contributed by atoms with van der Waals surface area (Å²) in [4.78, 5) is 25.3. The Labute approximate surface area is 179 Å². The average Bonchev–Trinajstić information content (AvgIpc) is 2.79. The lowest BCUT2D eigenvalue weighted by Crippen LogP contribution is -2.34. The van der Waals surface area contributed by atoms with Crippen molar-refractivity contribution in [1.29, 1.82) is 0 Å². The van der Waals surface area contributed by atoms with Crippen LogP contribution < -0.4 is 14.9 Å². The van der Waals surface area contributed by atoms with Crippen LogP contribution in [0.4, 0.5) is 22.1 Å². The molecule has 0 saturated heterocycles. The number of thiol groups is 1. The van der Waals surface area contributed by atoms with Gasteiger partial charge in [-0.15, -0.1) is 0 Å².